The van der Waals surface area contributed by atoms with E-state index in [4.69, 9.17) is 0 Å². The molecule has 0 bridgehead atoms. The number of nitrogens with zero attached hydrogens (tertiary/aromatic N) is 3. The summed E-state index contributed by atoms with van der Waals surface area (Å²) in [5.41, 5.74) is 3.28. The summed E-state index contributed by atoms with van der Waals surface area (Å²) in [7, 11) is 0. The molecule has 0 aliphatic carbocycles. The van der Waals surface area contributed by atoms with Crippen molar-refractivity contribution in [2.75, 3.05) is 11.1 Å². The first-order valence-electron chi connectivity index (χ1n) is 8.86. The van der Waals surface area contributed by atoms with E-state index >= 15 is 0 Å². The van der Waals surface area contributed by atoms with Crippen molar-refractivity contribution in [2.24, 2.45) is 0 Å². The van der Waals surface area contributed by atoms with E-state index in [2.05, 4.69) is 60.0 Å². The number of hydrogen-bond acceptors (Lipinski definition) is 5. The van der Waals surface area contributed by atoms with E-state index in [-0.39, 0.29) is 11.7 Å². The largest absolute Gasteiger partial charge is 0.314 e. The monoisotopic (exact) mass is 484 g/mol. The number of imidazole rings is 1. The molecule has 0 atom stereocenters. The van der Waals surface area contributed by atoms with E-state index in [1.54, 1.807) is 6.20 Å². The van der Waals surface area contributed by atoms with Gasteiger partial charge in [-0.3, -0.25) is 4.79 Å². The summed E-state index contributed by atoms with van der Waals surface area (Å²) in [5, 5.41) is 6.06. The SMILES string of the molecule is O=C(CSc1ncc(-c2ccc(Br)cc2)n1Cc1ccccc1)Nc1nccs1. The number of anilines is 1. The second-order valence-corrected chi connectivity index (χ2v) is 8.93. The minimum Gasteiger partial charge on any atom is -0.314 e. The highest BCUT2D eigenvalue weighted by molar-refractivity contribution is 9.10. The van der Waals surface area contributed by atoms with Crippen molar-refractivity contribution in [2.45, 2.75) is 11.7 Å². The third-order valence-electron chi connectivity index (χ3n) is 4.15. The van der Waals surface area contributed by atoms with Crippen LogP contribution in [0.1, 0.15) is 5.56 Å². The number of rotatable bonds is 7. The molecule has 146 valence electrons. The number of nitrogens with one attached hydrogen (secondary N) is 1. The molecule has 0 saturated heterocycles. The fourth-order valence-electron chi connectivity index (χ4n) is 2.81. The second-order valence-electron chi connectivity index (χ2n) is 6.18. The number of halogens is 1. The van der Waals surface area contributed by atoms with Gasteiger partial charge in [-0.2, -0.15) is 0 Å². The van der Waals surface area contributed by atoms with Gasteiger partial charge in [0.1, 0.15) is 0 Å². The van der Waals surface area contributed by atoms with Gasteiger partial charge < -0.3 is 9.88 Å². The van der Waals surface area contributed by atoms with Crippen molar-refractivity contribution >= 4 is 50.1 Å². The van der Waals surface area contributed by atoms with Gasteiger partial charge in [0, 0.05) is 16.0 Å². The van der Waals surface area contributed by atoms with Crippen LogP contribution in [0.5, 0.6) is 0 Å². The van der Waals surface area contributed by atoms with Gasteiger partial charge >= 0.3 is 0 Å². The smallest absolute Gasteiger partial charge is 0.236 e. The quantitative estimate of drug-likeness (QED) is 0.349. The number of amides is 1. The van der Waals surface area contributed by atoms with E-state index in [9.17, 15) is 4.79 Å². The average molecular weight is 485 g/mol. The summed E-state index contributed by atoms with van der Waals surface area (Å²) in [6.45, 7) is 0.683. The molecular formula is C21H17BrN4OS2. The summed E-state index contributed by atoms with van der Waals surface area (Å²) in [5.74, 6) is 0.176. The molecule has 0 aliphatic heterocycles. The number of thiazole rings is 1. The Morgan fingerprint density at radius 2 is 1.90 bits per heavy atom. The van der Waals surface area contributed by atoms with Crippen LogP contribution in [0.15, 0.2) is 82.0 Å². The predicted octanol–water partition coefficient (Wildman–Crippen LogP) is 5.55. The van der Waals surface area contributed by atoms with E-state index in [0.29, 0.717) is 11.7 Å². The summed E-state index contributed by atoms with van der Waals surface area (Å²) in [4.78, 5) is 20.9. The normalized spacial score (nSPS) is 10.8. The maximum absolute atomic E-state index is 12.3. The third kappa shape index (κ3) is 5.14. The Kier molecular flexibility index (Phi) is 6.43. The zero-order valence-corrected chi connectivity index (χ0v) is 18.5. The minimum absolute atomic E-state index is 0.0931. The molecule has 0 spiro atoms. The van der Waals surface area contributed by atoms with Gasteiger partial charge in [0.15, 0.2) is 10.3 Å². The lowest BCUT2D eigenvalue weighted by atomic mass is 10.1. The van der Waals surface area contributed by atoms with Crippen molar-refractivity contribution in [3.63, 3.8) is 0 Å². The molecule has 2 heterocycles. The van der Waals surface area contributed by atoms with Crippen molar-refractivity contribution in [3.05, 3.63) is 82.4 Å². The summed E-state index contributed by atoms with van der Waals surface area (Å²) in [6.07, 6.45) is 3.54. The van der Waals surface area contributed by atoms with Crippen LogP contribution in [0.2, 0.25) is 0 Å². The molecule has 4 aromatic rings. The predicted molar refractivity (Wildman–Crippen MR) is 122 cm³/mol. The van der Waals surface area contributed by atoms with Gasteiger partial charge in [0.25, 0.3) is 0 Å². The van der Waals surface area contributed by atoms with Crippen molar-refractivity contribution in [1.82, 2.24) is 14.5 Å². The second kappa shape index (κ2) is 9.39. The van der Waals surface area contributed by atoms with E-state index < -0.39 is 0 Å². The van der Waals surface area contributed by atoms with Crippen molar-refractivity contribution in [3.8, 4) is 11.3 Å². The average Bonchev–Trinajstić information content (AvgIpc) is 3.38. The molecule has 1 amide bonds. The van der Waals surface area contributed by atoms with E-state index in [0.717, 1.165) is 20.9 Å². The molecule has 29 heavy (non-hydrogen) atoms. The Bertz CT molecular complexity index is 1080. The molecule has 0 unspecified atom stereocenters. The maximum Gasteiger partial charge on any atom is 0.236 e. The topological polar surface area (TPSA) is 59.8 Å². The molecule has 0 radical (unpaired) electrons. The van der Waals surface area contributed by atoms with E-state index in [1.165, 1.54) is 28.7 Å². The maximum atomic E-state index is 12.3. The van der Waals surface area contributed by atoms with Crippen LogP contribution in [-0.2, 0) is 11.3 Å². The van der Waals surface area contributed by atoms with Crippen LogP contribution >= 0.6 is 39.0 Å². The third-order valence-corrected chi connectivity index (χ3v) is 6.36. The number of carbonyl (C=O) groups is 1. The zero-order valence-electron chi connectivity index (χ0n) is 15.3. The highest BCUT2D eigenvalue weighted by atomic mass is 79.9. The first-order chi connectivity index (χ1) is 14.2. The Morgan fingerprint density at radius 1 is 1.10 bits per heavy atom. The molecule has 0 fully saturated rings. The molecule has 0 aliphatic rings. The molecule has 4 rings (SSSR count). The number of thioether (sulfide) groups is 1. The van der Waals surface area contributed by atoms with Gasteiger partial charge in [0.2, 0.25) is 5.91 Å². The van der Waals surface area contributed by atoms with Gasteiger partial charge in [-0.1, -0.05) is 70.2 Å². The minimum atomic E-state index is -0.0931. The Morgan fingerprint density at radius 3 is 2.62 bits per heavy atom. The fraction of sp³-hybridized carbons (Fsp3) is 0.0952. The van der Waals surface area contributed by atoms with Gasteiger partial charge in [-0.25, -0.2) is 9.97 Å². The molecule has 2 aromatic carbocycles. The first kappa shape index (κ1) is 19.9. The van der Waals surface area contributed by atoms with Crippen molar-refractivity contribution < 1.29 is 4.79 Å². The Balaban J connectivity index is 1.57. The van der Waals surface area contributed by atoms with Crippen LogP contribution in [0, 0.1) is 0 Å². The van der Waals surface area contributed by atoms with Gasteiger partial charge in [-0.05, 0) is 23.3 Å². The highest BCUT2D eigenvalue weighted by Gasteiger charge is 2.15. The van der Waals surface area contributed by atoms with Gasteiger partial charge in [-0.15, -0.1) is 11.3 Å². The zero-order chi connectivity index (χ0) is 20.1. The summed E-state index contributed by atoms with van der Waals surface area (Å²) < 4.78 is 3.18. The first-order valence-corrected chi connectivity index (χ1v) is 11.5. The van der Waals surface area contributed by atoms with Crippen LogP contribution < -0.4 is 5.32 Å². The number of aromatic nitrogens is 3. The van der Waals surface area contributed by atoms with Crippen molar-refractivity contribution in [1.29, 1.82) is 0 Å². The lowest BCUT2D eigenvalue weighted by Gasteiger charge is -2.12. The van der Waals surface area contributed by atoms with Gasteiger partial charge in [0.05, 0.1) is 24.2 Å². The molecule has 2 aromatic heterocycles. The molecule has 0 saturated carbocycles. The Labute approximate surface area is 185 Å². The molecular weight excluding hydrogens is 468 g/mol. The molecule has 5 nitrogen and oxygen atoms in total. The lowest BCUT2D eigenvalue weighted by Crippen LogP contribution is -2.14. The van der Waals surface area contributed by atoms with Crippen LogP contribution in [0.3, 0.4) is 0 Å². The standard InChI is InChI=1S/C21H17BrN4OS2/c22-17-8-6-16(7-9-17)18-12-24-21(26(18)13-15-4-2-1-3-5-15)29-14-19(27)25-20-23-10-11-28-20/h1-12H,13-14H2,(H,23,25,27). The van der Waals surface area contributed by atoms with Crippen LogP contribution in [0.25, 0.3) is 11.3 Å². The number of carbonyl (C=O) groups excluding carboxylic acids is 1. The number of benzene rings is 2. The van der Waals surface area contributed by atoms with Crippen LogP contribution in [0.4, 0.5) is 5.13 Å². The van der Waals surface area contributed by atoms with Crippen LogP contribution in [-0.4, -0.2) is 26.2 Å². The fourth-order valence-corrected chi connectivity index (χ4v) is 4.40. The molecule has 8 heteroatoms. The summed E-state index contributed by atoms with van der Waals surface area (Å²) in [6, 6.07) is 18.4. The summed E-state index contributed by atoms with van der Waals surface area (Å²) >= 11 is 6.31. The highest BCUT2D eigenvalue weighted by Crippen LogP contribution is 2.28. The Hall–Kier alpha value is -2.42. The lowest BCUT2D eigenvalue weighted by molar-refractivity contribution is -0.113. The van der Waals surface area contributed by atoms with E-state index in [1.807, 2.05) is 41.9 Å². The molecule has 1 N–H and O–H groups in total. The number of hydrogen-bond donors (Lipinski definition) is 1.